The zero-order chi connectivity index (χ0) is 13.8. The highest BCUT2D eigenvalue weighted by molar-refractivity contribution is 5.54. The van der Waals surface area contributed by atoms with E-state index in [1.165, 1.54) is 32.1 Å². The first-order valence-corrected chi connectivity index (χ1v) is 8.34. The summed E-state index contributed by atoms with van der Waals surface area (Å²) < 4.78 is 0. The van der Waals surface area contributed by atoms with Crippen LogP contribution in [-0.2, 0) is 0 Å². The van der Waals surface area contributed by atoms with Crippen LogP contribution in [0.1, 0.15) is 43.8 Å². The Morgan fingerprint density at radius 1 is 0.857 bits per heavy atom. The Morgan fingerprint density at radius 3 is 2.19 bits per heavy atom. The fourth-order valence-corrected chi connectivity index (χ4v) is 5.51. The average molecular weight is 279 g/mol. The zero-order valence-electron chi connectivity index (χ0n) is 12.2. The van der Waals surface area contributed by atoms with Crippen molar-refractivity contribution in [3.63, 3.8) is 0 Å². The number of benzene rings is 1. The van der Waals surface area contributed by atoms with E-state index >= 15 is 0 Å². The van der Waals surface area contributed by atoms with E-state index < -0.39 is 0 Å². The van der Waals surface area contributed by atoms with Gasteiger partial charge in [-0.15, -0.1) is 0 Å². The molecule has 6 rings (SSSR count). The Balaban J connectivity index is 1.47. The highest BCUT2D eigenvalue weighted by Gasteiger charge is 2.49. The van der Waals surface area contributed by atoms with Gasteiger partial charge in [-0.25, -0.2) is 4.98 Å². The van der Waals surface area contributed by atoms with Gasteiger partial charge >= 0.3 is 0 Å². The fraction of sp³-hybridized carbons (Fsp3) is 0.556. The molecule has 0 atom stereocenters. The van der Waals surface area contributed by atoms with Crippen LogP contribution in [0.25, 0.3) is 11.4 Å². The SMILES string of the molecule is c1ccc(-c2n[nH]c(C3C4CC5CC(C4)CC3C5)n2)cc1. The second-order valence-electron chi connectivity index (χ2n) is 7.37. The minimum absolute atomic E-state index is 0.641. The summed E-state index contributed by atoms with van der Waals surface area (Å²) >= 11 is 0. The molecule has 4 bridgehead atoms. The van der Waals surface area contributed by atoms with Gasteiger partial charge in [-0.2, -0.15) is 5.10 Å². The number of rotatable bonds is 2. The molecule has 0 saturated heterocycles. The first kappa shape index (κ1) is 12.0. The predicted molar refractivity (Wildman–Crippen MR) is 81.6 cm³/mol. The third-order valence-corrected chi connectivity index (χ3v) is 6.08. The van der Waals surface area contributed by atoms with Gasteiger partial charge in [-0.1, -0.05) is 30.3 Å². The summed E-state index contributed by atoms with van der Waals surface area (Å²) in [5, 5.41) is 7.75. The summed E-state index contributed by atoms with van der Waals surface area (Å²) in [6.07, 6.45) is 7.22. The normalized spacial score (nSPS) is 37.0. The molecular weight excluding hydrogens is 258 g/mol. The molecule has 108 valence electrons. The molecule has 1 aromatic carbocycles. The standard InChI is InChI=1S/C18H21N3/c1-2-4-13(5-3-1)17-19-18(21-20-17)16-14-7-11-6-12(9-14)10-15(16)8-11/h1-5,11-12,14-16H,6-10H2,(H,19,20,21). The summed E-state index contributed by atoms with van der Waals surface area (Å²) in [7, 11) is 0. The first-order chi connectivity index (χ1) is 10.4. The molecule has 3 heteroatoms. The van der Waals surface area contributed by atoms with Crippen molar-refractivity contribution in [2.24, 2.45) is 23.7 Å². The number of aromatic amines is 1. The molecule has 3 nitrogen and oxygen atoms in total. The summed E-state index contributed by atoms with van der Waals surface area (Å²) in [6, 6.07) is 10.3. The maximum absolute atomic E-state index is 4.86. The maximum atomic E-state index is 4.86. The smallest absolute Gasteiger partial charge is 0.181 e. The van der Waals surface area contributed by atoms with E-state index in [0.717, 1.165) is 40.9 Å². The lowest BCUT2D eigenvalue weighted by Gasteiger charge is -2.53. The van der Waals surface area contributed by atoms with Gasteiger partial charge in [0.1, 0.15) is 5.82 Å². The Bertz CT molecular complexity index is 617. The van der Waals surface area contributed by atoms with E-state index in [4.69, 9.17) is 4.98 Å². The highest BCUT2D eigenvalue weighted by Crippen LogP contribution is 2.59. The minimum atomic E-state index is 0.641. The molecule has 1 heterocycles. The molecule has 0 radical (unpaired) electrons. The van der Waals surface area contributed by atoms with E-state index in [1.54, 1.807) is 0 Å². The molecule has 21 heavy (non-hydrogen) atoms. The van der Waals surface area contributed by atoms with Crippen molar-refractivity contribution in [3.8, 4) is 11.4 Å². The van der Waals surface area contributed by atoms with Crippen molar-refractivity contribution >= 4 is 0 Å². The Kier molecular flexibility index (Phi) is 2.52. The third kappa shape index (κ3) is 1.86. The number of nitrogens with one attached hydrogen (secondary N) is 1. The average Bonchev–Trinajstić information content (AvgIpc) is 2.97. The van der Waals surface area contributed by atoms with Gasteiger partial charge in [-0.05, 0) is 55.8 Å². The molecular formula is C18H21N3. The van der Waals surface area contributed by atoms with Crippen LogP contribution in [-0.4, -0.2) is 15.2 Å². The zero-order valence-corrected chi connectivity index (χ0v) is 12.2. The number of nitrogens with zero attached hydrogens (tertiary/aromatic N) is 2. The Labute approximate surface area is 125 Å². The molecule has 4 saturated carbocycles. The topological polar surface area (TPSA) is 41.6 Å². The van der Waals surface area contributed by atoms with E-state index in [2.05, 4.69) is 22.3 Å². The van der Waals surface area contributed by atoms with Crippen molar-refractivity contribution in [1.29, 1.82) is 0 Å². The number of H-pyrrole nitrogens is 1. The molecule has 4 aliphatic carbocycles. The van der Waals surface area contributed by atoms with Crippen molar-refractivity contribution in [2.75, 3.05) is 0 Å². The van der Waals surface area contributed by atoms with E-state index in [-0.39, 0.29) is 0 Å². The molecule has 4 aliphatic rings. The number of aromatic nitrogens is 3. The third-order valence-electron chi connectivity index (χ3n) is 6.08. The van der Waals surface area contributed by atoms with Crippen molar-refractivity contribution < 1.29 is 0 Å². The molecule has 4 fully saturated rings. The van der Waals surface area contributed by atoms with Crippen LogP contribution in [0.2, 0.25) is 0 Å². The van der Waals surface area contributed by atoms with E-state index in [9.17, 15) is 0 Å². The number of hydrogen-bond donors (Lipinski definition) is 1. The van der Waals surface area contributed by atoms with E-state index in [1.807, 2.05) is 18.2 Å². The molecule has 0 amide bonds. The van der Waals surface area contributed by atoms with Gasteiger partial charge < -0.3 is 0 Å². The lowest BCUT2D eigenvalue weighted by Crippen LogP contribution is -2.44. The van der Waals surface area contributed by atoms with Crippen LogP contribution < -0.4 is 0 Å². The predicted octanol–water partition coefficient (Wildman–Crippen LogP) is 4.01. The summed E-state index contributed by atoms with van der Waals surface area (Å²) in [6.45, 7) is 0. The van der Waals surface area contributed by atoms with Crippen LogP contribution in [0.4, 0.5) is 0 Å². The second-order valence-corrected chi connectivity index (χ2v) is 7.37. The molecule has 1 aromatic heterocycles. The Morgan fingerprint density at radius 2 is 1.52 bits per heavy atom. The van der Waals surface area contributed by atoms with Gasteiger partial charge in [-0.3, -0.25) is 5.10 Å². The van der Waals surface area contributed by atoms with Crippen molar-refractivity contribution in [1.82, 2.24) is 15.2 Å². The first-order valence-electron chi connectivity index (χ1n) is 8.34. The minimum Gasteiger partial charge on any atom is -0.262 e. The largest absolute Gasteiger partial charge is 0.262 e. The van der Waals surface area contributed by atoms with Crippen molar-refractivity contribution in [2.45, 2.75) is 38.0 Å². The summed E-state index contributed by atoms with van der Waals surface area (Å²) in [5.41, 5.74) is 1.11. The van der Waals surface area contributed by atoms with E-state index in [0.29, 0.717) is 5.92 Å². The lowest BCUT2D eigenvalue weighted by atomic mass is 9.52. The molecule has 1 N–H and O–H groups in total. The van der Waals surface area contributed by atoms with Crippen LogP contribution >= 0.6 is 0 Å². The number of hydrogen-bond acceptors (Lipinski definition) is 2. The van der Waals surface area contributed by atoms with Gasteiger partial charge in [0, 0.05) is 11.5 Å². The van der Waals surface area contributed by atoms with Gasteiger partial charge in [0.2, 0.25) is 0 Å². The van der Waals surface area contributed by atoms with Crippen LogP contribution in [0.15, 0.2) is 30.3 Å². The monoisotopic (exact) mass is 279 g/mol. The lowest BCUT2D eigenvalue weighted by molar-refractivity contribution is -0.00552. The molecule has 0 aliphatic heterocycles. The second kappa shape index (κ2) is 4.43. The van der Waals surface area contributed by atoms with Crippen LogP contribution in [0.5, 0.6) is 0 Å². The van der Waals surface area contributed by atoms with Crippen molar-refractivity contribution in [3.05, 3.63) is 36.2 Å². The molecule has 0 unspecified atom stereocenters. The summed E-state index contributed by atoms with van der Waals surface area (Å²) in [5.74, 6) is 6.40. The maximum Gasteiger partial charge on any atom is 0.181 e. The molecule has 0 spiro atoms. The van der Waals surface area contributed by atoms with Gasteiger partial charge in [0.25, 0.3) is 0 Å². The van der Waals surface area contributed by atoms with Crippen LogP contribution in [0.3, 0.4) is 0 Å². The van der Waals surface area contributed by atoms with Gasteiger partial charge in [0.15, 0.2) is 5.82 Å². The highest BCUT2D eigenvalue weighted by atomic mass is 15.2. The Hall–Kier alpha value is -1.64. The fourth-order valence-electron chi connectivity index (χ4n) is 5.51. The van der Waals surface area contributed by atoms with Crippen LogP contribution in [0, 0.1) is 23.7 Å². The quantitative estimate of drug-likeness (QED) is 0.902. The summed E-state index contributed by atoms with van der Waals surface area (Å²) in [4.78, 5) is 4.86. The van der Waals surface area contributed by atoms with Gasteiger partial charge in [0.05, 0.1) is 0 Å². The molecule has 2 aromatic rings.